The van der Waals surface area contributed by atoms with Crippen LogP contribution in [-0.2, 0) is 23.1 Å². The number of hydrogen-bond donors (Lipinski definition) is 1. The van der Waals surface area contributed by atoms with Crippen LogP contribution in [0.25, 0.3) is 11.3 Å². The van der Waals surface area contributed by atoms with E-state index in [0.717, 1.165) is 25.8 Å². The number of nitrogens with zero attached hydrogens (tertiary/aromatic N) is 2. The van der Waals surface area contributed by atoms with Crippen LogP contribution in [0, 0.1) is 11.3 Å². The van der Waals surface area contributed by atoms with Gasteiger partial charge in [0.05, 0.1) is 12.7 Å². The number of ether oxygens (including phenoxy) is 1. The maximum Gasteiger partial charge on any atom is 0.341 e. The van der Waals surface area contributed by atoms with E-state index < -0.39 is 5.97 Å². The second-order valence-corrected chi connectivity index (χ2v) is 11.2. The summed E-state index contributed by atoms with van der Waals surface area (Å²) in [6, 6.07) is 7.16. The molecule has 0 amide bonds. The molecule has 180 valence electrons. The molecule has 6 nitrogen and oxygen atoms in total. The molecular weight excluding hydrogens is 426 g/mol. The molecule has 0 bridgehead atoms. The number of hydrogen-bond acceptors (Lipinski definition) is 4. The molecule has 1 fully saturated rings. The number of nitrogens with one attached hydrogen (secondary N) is 1. The molecule has 1 aromatic carbocycles. The van der Waals surface area contributed by atoms with Crippen LogP contribution in [0.5, 0.6) is 0 Å². The highest BCUT2D eigenvalue weighted by Crippen LogP contribution is 2.58. The second kappa shape index (κ2) is 8.10. The van der Waals surface area contributed by atoms with Crippen molar-refractivity contribution < 1.29 is 9.53 Å². The van der Waals surface area contributed by atoms with Gasteiger partial charge in [-0.2, -0.15) is 5.10 Å². The van der Waals surface area contributed by atoms with Gasteiger partial charge in [-0.3, -0.25) is 4.79 Å². The summed E-state index contributed by atoms with van der Waals surface area (Å²) < 4.78 is 7.01. The van der Waals surface area contributed by atoms with Crippen LogP contribution in [0.15, 0.2) is 35.4 Å². The lowest BCUT2D eigenvalue weighted by Crippen LogP contribution is -2.50. The summed E-state index contributed by atoms with van der Waals surface area (Å²) in [5, 5.41) is 6.55. The summed E-state index contributed by atoms with van der Waals surface area (Å²) in [5.41, 5.74) is 5.49. The van der Waals surface area contributed by atoms with Crippen molar-refractivity contribution in [1.82, 2.24) is 14.8 Å². The number of aromatic nitrogens is 3. The number of methoxy groups -OCH3 is 1. The number of pyridine rings is 1. The maximum atomic E-state index is 12.5. The van der Waals surface area contributed by atoms with Gasteiger partial charge in [-0.15, -0.1) is 0 Å². The molecule has 2 heterocycles. The summed E-state index contributed by atoms with van der Waals surface area (Å²) >= 11 is 0. The molecule has 6 heteroatoms. The van der Waals surface area contributed by atoms with E-state index in [4.69, 9.17) is 4.74 Å². The minimum absolute atomic E-state index is 0.0416. The zero-order valence-corrected chi connectivity index (χ0v) is 20.9. The highest BCUT2D eigenvalue weighted by Gasteiger charge is 2.51. The Bertz CT molecular complexity index is 1270. The normalized spacial score (nSPS) is 26.4. The SMILES string of the molecule is COC(=O)c1cn(CC2(C)CCCC3(C)c4ccc(C(C)C)cc4CCC23)cc2c(=O)[nH]nc1-2. The van der Waals surface area contributed by atoms with Crippen molar-refractivity contribution in [3.05, 3.63) is 63.2 Å². The number of carbonyl (C=O) groups excluding carboxylic acids is 1. The Kier molecular flexibility index (Phi) is 5.45. The molecule has 0 aromatic heterocycles. The lowest BCUT2D eigenvalue weighted by molar-refractivity contribution is 0.0117. The molecule has 2 aliphatic heterocycles. The third-order valence-electron chi connectivity index (χ3n) is 8.73. The molecule has 5 rings (SSSR count). The first kappa shape index (κ1) is 22.9. The molecule has 1 saturated carbocycles. The first-order chi connectivity index (χ1) is 16.2. The number of aromatic amines is 1. The molecular formula is C28H35N3O3. The van der Waals surface area contributed by atoms with Gasteiger partial charge in [-0.25, -0.2) is 9.89 Å². The van der Waals surface area contributed by atoms with Crippen molar-refractivity contribution in [3.63, 3.8) is 0 Å². The number of esters is 1. The molecule has 0 saturated heterocycles. The smallest absolute Gasteiger partial charge is 0.341 e. The van der Waals surface area contributed by atoms with E-state index in [1.807, 2.05) is 10.8 Å². The first-order valence-corrected chi connectivity index (χ1v) is 12.5. The highest BCUT2D eigenvalue weighted by atomic mass is 16.5. The molecule has 1 N–H and O–H groups in total. The van der Waals surface area contributed by atoms with Gasteiger partial charge < -0.3 is 9.30 Å². The van der Waals surface area contributed by atoms with E-state index in [-0.39, 0.29) is 16.4 Å². The quantitative estimate of drug-likeness (QED) is 0.535. The van der Waals surface area contributed by atoms with Gasteiger partial charge in [0.25, 0.3) is 5.56 Å². The fourth-order valence-electron chi connectivity index (χ4n) is 7.05. The molecule has 0 radical (unpaired) electrons. The van der Waals surface area contributed by atoms with E-state index in [9.17, 15) is 9.59 Å². The summed E-state index contributed by atoms with van der Waals surface area (Å²) in [4.78, 5) is 24.8. The van der Waals surface area contributed by atoms with Gasteiger partial charge in [-0.05, 0) is 65.0 Å². The zero-order chi connectivity index (χ0) is 24.3. The van der Waals surface area contributed by atoms with E-state index >= 15 is 0 Å². The van der Waals surface area contributed by atoms with Crippen LogP contribution in [0.3, 0.4) is 0 Å². The largest absolute Gasteiger partial charge is 0.465 e. The van der Waals surface area contributed by atoms with Gasteiger partial charge in [0.1, 0.15) is 11.3 Å². The Hall–Kier alpha value is -2.89. The molecule has 4 aliphatic rings. The van der Waals surface area contributed by atoms with Crippen molar-refractivity contribution in [3.8, 4) is 11.3 Å². The van der Waals surface area contributed by atoms with E-state index in [1.54, 1.807) is 6.20 Å². The summed E-state index contributed by atoms with van der Waals surface area (Å²) in [7, 11) is 1.36. The average molecular weight is 462 g/mol. The Morgan fingerprint density at radius 2 is 2.06 bits per heavy atom. The van der Waals surface area contributed by atoms with Crippen LogP contribution < -0.4 is 5.56 Å². The van der Waals surface area contributed by atoms with Gasteiger partial charge in [0.2, 0.25) is 0 Å². The summed E-state index contributed by atoms with van der Waals surface area (Å²) in [5.74, 6) is 0.584. The summed E-state index contributed by atoms with van der Waals surface area (Å²) in [6.07, 6.45) is 9.40. The minimum Gasteiger partial charge on any atom is -0.465 e. The van der Waals surface area contributed by atoms with Crippen LogP contribution in [0.4, 0.5) is 0 Å². The number of rotatable bonds is 4. The number of benzene rings is 1. The monoisotopic (exact) mass is 461 g/mol. The molecule has 3 unspecified atom stereocenters. The molecule has 1 aromatic rings. The number of fused-ring (bicyclic) bond motifs is 4. The van der Waals surface area contributed by atoms with Gasteiger partial charge in [0.15, 0.2) is 0 Å². The van der Waals surface area contributed by atoms with E-state index in [0.29, 0.717) is 28.7 Å². The molecule has 0 spiro atoms. The number of carbonyl (C=O) groups is 1. The first-order valence-electron chi connectivity index (χ1n) is 12.5. The van der Waals surface area contributed by atoms with E-state index in [1.165, 1.54) is 36.6 Å². The predicted octanol–water partition coefficient (Wildman–Crippen LogP) is 5.30. The van der Waals surface area contributed by atoms with Crippen LogP contribution in [0.2, 0.25) is 0 Å². The summed E-state index contributed by atoms with van der Waals surface area (Å²) in [6.45, 7) is 10.1. The minimum atomic E-state index is -0.475. The van der Waals surface area contributed by atoms with Crippen molar-refractivity contribution in [2.45, 2.75) is 77.7 Å². The fourth-order valence-corrected chi connectivity index (χ4v) is 7.05. The second-order valence-electron chi connectivity index (χ2n) is 11.2. The standard InChI is InChI=1S/C28H35N3O3/c1-17(2)18-7-9-22-19(13-18)8-10-23-27(3,11-6-12-28(22,23)4)16-31-14-20-24(29-30-25(20)32)21(15-31)26(33)34-5/h7,9,13-15,17,23H,6,8,10-12,16H2,1-5H3,(H,30,32). The fraction of sp³-hybridized carbons (Fsp3) is 0.536. The van der Waals surface area contributed by atoms with Crippen LogP contribution in [0.1, 0.15) is 86.3 Å². The third-order valence-corrected chi connectivity index (χ3v) is 8.73. The van der Waals surface area contributed by atoms with Crippen molar-refractivity contribution in [2.24, 2.45) is 11.3 Å². The topological polar surface area (TPSA) is 77.0 Å². The Morgan fingerprint density at radius 3 is 2.79 bits per heavy atom. The predicted molar refractivity (Wildman–Crippen MR) is 132 cm³/mol. The Balaban J connectivity index is 1.54. The lowest BCUT2D eigenvalue weighted by Gasteiger charge is -2.56. The average Bonchev–Trinajstić information content (AvgIpc) is 3.18. The van der Waals surface area contributed by atoms with E-state index in [2.05, 4.69) is 56.1 Å². The zero-order valence-electron chi connectivity index (χ0n) is 20.9. The van der Waals surface area contributed by atoms with Gasteiger partial charge in [-0.1, -0.05) is 52.3 Å². The van der Waals surface area contributed by atoms with Crippen molar-refractivity contribution in [2.75, 3.05) is 7.11 Å². The Labute approximate surface area is 201 Å². The van der Waals surface area contributed by atoms with Crippen molar-refractivity contribution in [1.29, 1.82) is 0 Å². The van der Waals surface area contributed by atoms with Crippen LogP contribution in [-0.4, -0.2) is 27.8 Å². The van der Waals surface area contributed by atoms with Crippen LogP contribution >= 0.6 is 0 Å². The number of aryl methyl sites for hydroxylation is 1. The Morgan fingerprint density at radius 1 is 1.26 bits per heavy atom. The molecule has 34 heavy (non-hydrogen) atoms. The van der Waals surface area contributed by atoms with Gasteiger partial charge >= 0.3 is 5.97 Å². The maximum absolute atomic E-state index is 12.5. The lowest BCUT2D eigenvalue weighted by atomic mass is 9.49. The highest BCUT2D eigenvalue weighted by molar-refractivity contribution is 5.95. The molecule has 2 aliphatic carbocycles. The third kappa shape index (κ3) is 3.50. The van der Waals surface area contributed by atoms with Crippen molar-refractivity contribution >= 4 is 5.97 Å². The molecule has 3 atom stereocenters. The van der Waals surface area contributed by atoms with Gasteiger partial charge in [0, 0.05) is 18.9 Å². The number of H-pyrrole nitrogens is 1.